The van der Waals surface area contributed by atoms with Crippen LogP contribution in [0, 0.1) is 5.41 Å². The van der Waals surface area contributed by atoms with E-state index in [0.29, 0.717) is 13.0 Å². The van der Waals surface area contributed by atoms with Gasteiger partial charge in [-0.1, -0.05) is 19.3 Å². The first-order chi connectivity index (χ1) is 7.58. The van der Waals surface area contributed by atoms with E-state index in [2.05, 4.69) is 0 Å². The molecule has 90 valence electrons. The lowest BCUT2D eigenvalue weighted by atomic mass is 9.76. The smallest absolute Gasteiger partial charge is 0.311 e. The molecule has 1 aliphatic heterocycles. The molecule has 0 aromatic rings. The summed E-state index contributed by atoms with van der Waals surface area (Å²) in [5, 5.41) is 9.49. The summed E-state index contributed by atoms with van der Waals surface area (Å²) in [6.45, 7) is 2.16. The summed E-state index contributed by atoms with van der Waals surface area (Å²) < 4.78 is 0. The summed E-state index contributed by atoms with van der Waals surface area (Å²) in [5.41, 5.74) is -0.651. The summed E-state index contributed by atoms with van der Waals surface area (Å²) in [6.07, 6.45) is 5.34. The molecule has 4 nitrogen and oxygen atoms in total. The highest BCUT2D eigenvalue weighted by molar-refractivity contribution is 5.80. The molecule has 0 bridgehead atoms. The zero-order chi connectivity index (χ0) is 11.8. The highest BCUT2D eigenvalue weighted by Crippen LogP contribution is 2.46. The second-order valence-corrected chi connectivity index (χ2v) is 5.04. The Morgan fingerprint density at radius 1 is 1.25 bits per heavy atom. The first-order valence-electron chi connectivity index (χ1n) is 6.08. The van der Waals surface area contributed by atoms with Crippen LogP contribution in [0.4, 0.5) is 0 Å². The molecule has 1 N–H and O–H groups in total. The highest BCUT2D eigenvalue weighted by Gasteiger charge is 2.53. The van der Waals surface area contributed by atoms with Crippen molar-refractivity contribution in [2.45, 2.75) is 51.5 Å². The zero-order valence-corrected chi connectivity index (χ0v) is 9.74. The van der Waals surface area contributed by atoms with E-state index in [0.717, 1.165) is 32.1 Å². The zero-order valence-electron chi connectivity index (χ0n) is 9.74. The van der Waals surface area contributed by atoms with Gasteiger partial charge in [0.15, 0.2) is 0 Å². The van der Waals surface area contributed by atoms with Gasteiger partial charge in [-0.15, -0.1) is 0 Å². The summed E-state index contributed by atoms with van der Waals surface area (Å²) >= 11 is 0. The van der Waals surface area contributed by atoms with Crippen molar-refractivity contribution in [3.05, 3.63) is 0 Å². The van der Waals surface area contributed by atoms with Crippen LogP contribution in [0.2, 0.25) is 0 Å². The molecule has 1 amide bonds. The van der Waals surface area contributed by atoms with Crippen LogP contribution in [-0.2, 0) is 9.59 Å². The third kappa shape index (κ3) is 1.60. The molecule has 16 heavy (non-hydrogen) atoms. The highest BCUT2D eigenvalue weighted by atomic mass is 16.4. The molecule has 1 aliphatic carbocycles. The Morgan fingerprint density at radius 2 is 2.00 bits per heavy atom. The molecule has 2 aliphatic rings. The Labute approximate surface area is 95.6 Å². The predicted octanol–water partition coefficient (Wildman–Crippen LogP) is 1.64. The molecule has 2 rings (SSSR count). The van der Waals surface area contributed by atoms with Gasteiger partial charge in [-0.05, 0) is 19.3 Å². The molecular formula is C12H19NO3. The minimum Gasteiger partial charge on any atom is -0.481 e. The number of hydrogen-bond donors (Lipinski definition) is 1. The van der Waals surface area contributed by atoms with Crippen molar-refractivity contribution in [2.24, 2.45) is 5.41 Å². The number of carbonyl (C=O) groups excluding carboxylic acids is 1. The standard InChI is InChI=1S/C12H19NO3/c1-9(14)13-8-7-12(11(15)16)6-4-2-3-5-10(12)13/h10H,2-8H2,1H3,(H,15,16)/t10-,12+/m0/s1. The van der Waals surface area contributed by atoms with Gasteiger partial charge >= 0.3 is 5.97 Å². The van der Waals surface area contributed by atoms with E-state index in [9.17, 15) is 14.7 Å². The lowest BCUT2D eigenvalue weighted by Gasteiger charge is -2.33. The largest absolute Gasteiger partial charge is 0.481 e. The second kappa shape index (κ2) is 4.07. The van der Waals surface area contributed by atoms with Crippen LogP contribution in [0.3, 0.4) is 0 Å². The molecule has 0 aromatic carbocycles. The van der Waals surface area contributed by atoms with Crippen LogP contribution in [0.25, 0.3) is 0 Å². The topological polar surface area (TPSA) is 57.6 Å². The fourth-order valence-corrected chi connectivity index (χ4v) is 3.35. The van der Waals surface area contributed by atoms with E-state index < -0.39 is 11.4 Å². The Kier molecular flexibility index (Phi) is 2.91. The van der Waals surface area contributed by atoms with Crippen molar-refractivity contribution in [2.75, 3.05) is 6.54 Å². The average molecular weight is 225 g/mol. The van der Waals surface area contributed by atoms with Crippen LogP contribution < -0.4 is 0 Å². The van der Waals surface area contributed by atoms with Gasteiger partial charge in [-0.25, -0.2) is 0 Å². The Morgan fingerprint density at radius 3 is 2.62 bits per heavy atom. The first kappa shape index (κ1) is 11.4. The van der Waals surface area contributed by atoms with Crippen molar-refractivity contribution in [1.82, 2.24) is 4.90 Å². The molecule has 0 radical (unpaired) electrons. The van der Waals surface area contributed by atoms with Crippen molar-refractivity contribution >= 4 is 11.9 Å². The van der Waals surface area contributed by atoms with E-state index in [1.54, 1.807) is 11.8 Å². The number of carbonyl (C=O) groups is 2. The number of amides is 1. The predicted molar refractivity (Wildman–Crippen MR) is 58.9 cm³/mol. The molecule has 0 unspecified atom stereocenters. The van der Waals surface area contributed by atoms with Crippen LogP contribution >= 0.6 is 0 Å². The Balaban J connectivity index is 2.31. The SMILES string of the molecule is CC(=O)N1CC[C@]2(C(=O)O)CCCCC[C@H]12. The maximum atomic E-state index is 11.5. The van der Waals surface area contributed by atoms with Gasteiger partial charge in [-0.3, -0.25) is 9.59 Å². The first-order valence-corrected chi connectivity index (χ1v) is 6.08. The molecule has 4 heteroatoms. The fraction of sp³-hybridized carbons (Fsp3) is 0.833. The van der Waals surface area contributed by atoms with Gasteiger partial charge in [0.25, 0.3) is 0 Å². The maximum Gasteiger partial charge on any atom is 0.311 e. The number of nitrogens with zero attached hydrogens (tertiary/aromatic N) is 1. The van der Waals surface area contributed by atoms with Crippen LogP contribution in [0.15, 0.2) is 0 Å². The minimum absolute atomic E-state index is 0.0232. The molecule has 1 saturated carbocycles. The van der Waals surface area contributed by atoms with Crippen molar-refractivity contribution < 1.29 is 14.7 Å². The molecule has 2 fully saturated rings. The number of likely N-dealkylation sites (tertiary alicyclic amines) is 1. The summed E-state index contributed by atoms with van der Waals surface area (Å²) in [7, 11) is 0. The summed E-state index contributed by atoms with van der Waals surface area (Å²) in [4.78, 5) is 24.8. The van der Waals surface area contributed by atoms with E-state index in [1.807, 2.05) is 0 Å². The monoisotopic (exact) mass is 225 g/mol. The maximum absolute atomic E-state index is 11.5. The van der Waals surface area contributed by atoms with Gasteiger partial charge in [-0.2, -0.15) is 0 Å². The van der Waals surface area contributed by atoms with Gasteiger partial charge in [0.1, 0.15) is 0 Å². The Hall–Kier alpha value is -1.06. The minimum atomic E-state index is -0.705. The number of fused-ring (bicyclic) bond motifs is 1. The number of rotatable bonds is 1. The van der Waals surface area contributed by atoms with Crippen LogP contribution in [-0.4, -0.2) is 34.5 Å². The van der Waals surface area contributed by atoms with Crippen molar-refractivity contribution in [3.8, 4) is 0 Å². The van der Waals surface area contributed by atoms with E-state index in [-0.39, 0.29) is 11.9 Å². The fourth-order valence-electron chi connectivity index (χ4n) is 3.35. The summed E-state index contributed by atoms with van der Waals surface area (Å²) in [5.74, 6) is -0.682. The van der Waals surface area contributed by atoms with Gasteiger partial charge in [0.05, 0.1) is 5.41 Å². The number of hydrogen-bond acceptors (Lipinski definition) is 2. The second-order valence-electron chi connectivity index (χ2n) is 5.04. The molecule has 0 aromatic heterocycles. The lowest BCUT2D eigenvalue weighted by molar-refractivity contribution is -0.151. The molecule has 1 heterocycles. The molecule has 2 atom stereocenters. The third-order valence-electron chi connectivity index (χ3n) is 4.24. The molecule has 1 saturated heterocycles. The number of carboxylic acid groups (broad SMARTS) is 1. The quantitative estimate of drug-likeness (QED) is 0.738. The Bertz CT molecular complexity index is 315. The van der Waals surface area contributed by atoms with Crippen molar-refractivity contribution in [3.63, 3.8) is 0 Å². The molecule has 0 spiro atoms. The van der Waals surface area contributed by atoms with E-state index in [1.165, 1.54) is 0 Å². The average Bonchev–Trinajstić information content (AvgIpc) is 2.46. The summed E-state index contributed by atoms with van der Waals surface area (Å²) in [6, 6.07) is -0.0648. The number of carboxylic acids is 1. The lowest BCUT2D eigenvalue weighted by Crippen LogP contribution is -2.45. The normalized spacial score (nSPS) is 34.3. The van der Waals surface area contributed by atoms with E-state index >= 15 is 0 Å². The van der Waals surface area contributed by atoms with E-state index in [4.69, 9.17) is 0 Å². The third-order valence-corrected chi connectivity index (χ3v) is 4.24. The van der Waals surface area contributed by atoms with Gasteiger partial charge < -0.3 is 10.0 Å². The van der Waals surface area contributed by atoms with Crippen LogP contribution in [0.1, 0.15) is 45.4 Å². The van der Waals surface area contributed by atoms with Crippen molar-refractivity contribution in [1.29, 1.82) is 0 Å². The van der Waals surface area contributed by atoms with Crippen LogP contribution in [0.5, 0.6) is 0 Å². The van der Waals surface area contributed by atoms with Gasteiger partial charge in [0.2, 0.25) is 5.91 Å². The number of aliphatic carboxylic acids is 1. The molecular weight excluding hydrogens is 206 g/mol. The van der Waals surface area contributed by atoms with Gasteiger partial charge in [0, 0.05) is 19.5 Å².